The van der Waals surface area contributed by atoms with Crippen molar-refractivity contribution in [2.24, 2.45) is 5.11 Å². The summed E-state index contributed by atoms with van der Waals surface area (Å²) in [4.78, 5) is 11.2. The summed E-state index contributed by atoms with van der Waals surface area (Å²) in [7, 11) is 0. The summed E-state index contributed by atoms with van der Waals surface area (Å²) >= 11 is 0. The van der Waals surface area contributed by atoms with E-state index in [1.54, 1.807) is 6.07 Å². The smallest absolute Gasteiger partial charge is 0.424 e. The zero-order chi connectivity index (χ0) is 12.2. The first-order valence-electron chi connectivity index (χ1n) is 4.14. The van der Waals surface area contributed by atoms with E-state index in [1.165, 1.54) is 24.3 Å². The molecule has 0 amide bonds. The molecular weight excluding hydrogens is 225 g/mol. The minimum absolute atomic E-state index is 0.0274. The maximum Gasteiger partial charge on any atom is 0.449 e. The lowest BCUT2D eigenvalue weighted by Gasteiger charge is -2.14. The minimum atomic E-state index is -4.87. The normalized spacial score (nSPS) is 12.9. The average molecular weight is 232 g/mol. The molecule has 0 aliphatic heterocycles. The number of hydrogen-bond acceptors (Lipinski definition) is 4. The van der Waals surface area contributed by atoms with Gasteiger partial charge in [-0.2, -0.15) is 13.2 Å². The number of halogens is 3. The lowest BCUT2D eigenvalue weighted by molar-refractivity contribution is -0.204. The van der Waals surface area contributed by atoms with Crippen LogP contribution >= 0.6 is 0 Å². The number of nitrogens with zero attached hydrogens (tertiary/aromatic N) is 1. The number of carbonyl (C=O) groups excluding carboxylic acids is 1. The fourth-order valence-electron chi connectivity index (χ4n) is 0.910. The van der Waals surface area contributed by atoms with Gasteiger partial charge in [0.25, 0.3) is 0 Å². The molecule has 0 radical (unpaired) electrons. The second-order valence-electron chi connectivity index (χ2n) is 2.79. The van der Waals surface area contributed by atoms with Crippen LogP contribution in [0.15, 0.2) is 35.4 Å². The zero-order valence-electron chi connectivity index (χ0n) is 7.86. The Labute approximate surface area is 88.5 Å². The third-order valence-electron chi connectivity index (χ3n) is 1.63. The summed E-state index contributed by atoms with van der Waals surface area (Å²) < 4.78 is 40.3. The van der Waals surface area contributed by atoms with E-state index in [4.69, 9.17) is 5.53 Å². The summed E-state index contributed by atoms with van der Waals surface area (Å²) in [5, 5.41) is 2.21. The zero-order valence-corrected chi connectivity index (χ0v) is 7.86. The summed E-state index contributed by atoms with van der Waals surface area (Å²) in [6.07, 6.45) is -7.62. The Morgan fingerprint density at radius 1 is 1.31 bits per heavy atom. The maximum atomic E-state index is 12.1. The van der Waals surface area contributed by atoms with Crippen molar-refractivity contribution >= 4 is 5.97 Å². The fraction of sp³-hybridized carbons (Fsp3) is 0.222. The molecule has 7 heteroatoms. The predicted octanol–water partition coefficient (Wildman–Crippen LogP) is 2.76. The van der Waals surface area contributed by atoms with E-state index in [0.717, 1.165) is 0 Å². The van der Waals surface area contributed by atoms with Crippen LogP contribution in [0.1, 0.15) is 10.4 Å². The third kappa shape index (κ3) is 3.04. The molecule has 16 heavy (non-hydrogen) atoms. The largest absolute Gasteiger partial charge is 0.449 e. The fourth-order valence-corrected chi connectivity index (χ4v) is 0.910. The van der Waals surface area contributed by atoms with Crippen LogP contribution in [0, 0.1) is 5.53 Å². The van der Waals surface area contributed by atoms with Gasteiger partial charge in [0.15, 0.2) is 0 Å². The van der Waals surface area contributed by atoms with Crippen LogP contribution < -0.4 is 0 Å². The SMILES string of the molecule is N=NC(OC(=O)c1ccccc1)C(F)(F)F. The molecule has 0 spiro atoms. The Kier molecular flexibility index (Phi) is 3.60. The topological polar surface area (TPSA) is 62.5 Å². The maximum absolute atomic E-state index is 12.1. The van der Waals surface area contributed by atoms with Crippen molar-refractivity contribution in [3.8, 4) is 0 Å². The molecule has 0 aromatic heterocycles. The first-order valence-corrected chi connectivity index (χ1v) is 4.14. The molecule has 0 fully saturated rings. The predicted molar refractivity (Wildman–Crippen MR) is 46.8 cm³/mol. The highest BCUT2D eigenvalue weighted by molar-refractivity contribution is 5.89. The van der Waals surface area contributed by atoms with E-state index >= 15 is 0 Å². The van der Waals surface area contributed by atoms with Gasteiger partial charge in [0.1, 0.15) is 0 Å². The number of alkyl halides is 3. The Hall–Kier alpha value is -1.92. The molecular formula is C9H7F3N2O2. The molecule has 86 valence electrons. The van der Waals surface area contributed by atoms with Crippen LogP contribution in [0.5, 0.6) is 0 Å². The summed E-state index contributed by atoms with van der Waals surface area (Å²) in [6, 6.07) is 7.18. The lowest BCUT2D eigenvalue weighted by atomic mass is 10.2. The standard InChI is InChI=1S/C9H7F3N2O2/c10-9(11,12)8(14-13)16-7(15)6-4-2-1-3-5-6/h1-5,8,13H. The van der Waals surface area contributed by atoms with Gasteiger partial charge in [0.05, 0.1) is 5.56 Å². The highest BCUT2D eigenvalue weighted by Gasteiger charge is 2.43. The Morgan fingerprint density at radius 3 is 2.31 bits per heavy atom. The number of hydrogen-bond donors (Lipinski definition) is 1. The molecule has 0 aliphatic rings. The van der Waals surface area contributed by atoms with Gasteiger partial charge >= 0.3 is 18.4 Å². The lowest BCUT2D eigenvalue weighted by Crippen LogP contribution is -2.31. The van der Waals surface area contributed by atoms with Crippen molar-refractivity contribution in [3.63, 3.8) is 0 Å². The van der Waals surface area contributed by atoms with Gasteiger partial charge in [-0.3, -0.25) is 0 Å². The molecule has 1 N–H and O–H groups in total. The third-order valence-corrected chi connectivity index (χ3v) is 1.63. The Bertz CT molecular complexity index is 378. The molecule has 0 saturated carbocycles. The molecule has 0 bridgehead atoms. The van der Waals surface area contributed by atoms with E-state index in [1.807, 2.05) is 0 Å². The quantitative estimate of drug-likeness (QED) is 0.643. The number of carbonyl (C=O) groups is 1. The van der Waals surface area contributed by atoms with Gasteiger partial charge < -0.3 is 4.74 Å². The van der Waals surface area contributed by atoms with Crippen LogP contribution in [-0.2, 0) is 4.74 Å². The van der Waals surface area contributed by atoms with E-state index in [2.05, 4.69) is 9.85 Å². The molecule has 1 aromatic rings. The monoisotopic (exact) mass is 232 g/mol. The van der Waals surface area contributed by atoms with Crippen molar-refractivity contribution in [2.45, 2.75) is 12.4 Å². The highest BCUT2D eigenvalue weighted by Crippen LogP contribution is 2.24. The van der Waals surface area contributed by atoms with Crippen molar-refractivity contribution in [1.29, 1.82) is 5.53 Å². The Balaban J connectivity index is 2.75. The summed E-state index contributed by atoms with van der Waals surface area (Å²) in [5.41, 5.74) is 6.27. The van der Waals surface area contributed by atoms with Gasteiger partial charge in [-0.05, 0) is 12.1 Å². The van der Waals surface area contributed by atoms with Crippen LogP contribution in [0.3, 0.4) is 0 Å². The van der Waals surface area contributed by atoms with Gasteiger partial charge in [-0.25, -0.2) is 10.3 Å². The molecule has 0 aliphatic carbocycles. The van der Waals surface area contributed by atoms with Crippen LogP contribution in [0.25, 0.3) is 0 Å². The van der Waals surface area contributed by atoms with Crippen molar-refractivity contribution < 1.29 is 22.7 Å². The van der Waals surface area contributed by atoms with Gasteiger partial charge in [-0.15, -0.1) is 5.11 Å². The number of ether oxygens (including phenoxy) is 1. The molecule has 4 nitrogen and oxygen atoms in total. The summed E-state index contributed by atoms with van der Waals surface area (Å²) in [5.74, 6) is -1.17. The van der Waals surface area contributed by atoms with Crippen LogP contribution in [0.4, 0.5) is 13.2 Å². The number of rotatable bonds is 3. The van der Waals surface area contributed by atoms with Gasteiger partial charge in [0.2, 0.25) is 0 Å². The van der Waals surface area contributed by atoms with E-state index in [-0.39, 0.29) is 5.56 Å². The van der Waals surface area contributed by atoms with E-state index in [0.29, 0.717) is 0 Å². The molecule has 0 saturated heterocycles. The van der Waals surface area contributed by atoms with Crippen molar-refractivity contribution in [2.75, 3.05) is 0 Å². The van der Waals surface area contributed by atoms with Crippen molar-refractivity contribution in [1.82, 2.24) is 0 Å². The highest BCUT2D eigenvalue weighted by atomic mass is 19.4. The van der Waals surface area contributed by atoms with E-state index in [9.17, 15) is 18.0 Å². The molecule has 1 unspecified atom stereocenters. The molecule has 1 atom stereocenters. The number of esters is 1. The van der Waals surface area contributed by atoms with Gasteiger partial charge in [-0.1, -0.05) is 18.2 Å². The first kappa shape index (κ1) is 12.2. The first-order chi connectivity index (χ1) is 7.45. The number of nitrogens with one attached hydrogen (secondary N) is 1. The second kappa shape index (κ2) is 4.73. The van der Waals surface area contributed by atoms with Crippen molar-refractivity contribution in [3.05, 3.63) is 35.9 Å². The average Bonchev–Trinajstić information content (AvgIpc) is 2.25. The Morgan fingerprint density at radius 2 is 1.88 bits per heavy atom. The van der Waals surface area contributed by atoms with E-state index < -0.39 is 18.4 Å². The van der Waals surface area contributed by atoms with Crippen LogP contribution in [-0.4, -0.2) is 18.4 Å². The number of benzene rings is 1. The minimum Gasteiger partial charge on any atom is -0.424 e. The summed E-state index contributed by atoms with van der Waals surface area (Å²) in [6.45, 7) is 0. The van der Waals surface area contributed by atoms with Gasteiger partial charge in [0, 0.05) is 0 Å². The van der Waals surface area contributed by atoms with Crippen LogP contribution in [0.2, 0.25) is 0 Å². The molecule has 1 rings (SSSR count). The second-order valence-corrected chi connectivity index (χ2v) is 2.79. The molecule has 0 heterocycles. The molecule has 1 aromatic carbocycles.